The molecule has 2 rings (SSSR count). The lowest BCUT2D eigenvalue weighted by Crippen LogP contribution is -2.24. The zero-order valence-electron chi connectivity index (χ0n) is 11.1. The van der Waals surface area contributed by atoms with Crippen molar-refractivity contribution >= 4 is 23.1 Å². The molecule has 0 bridgehead atoms. The highest BCUT2D eigenvalue weighted by molar-refractivity contribution is 6.29. The number of fused-ring (bicyclic) bond motifs is 1. The van der Waals surface area contributed by atoms with Crippen molar-refractivity contribution in [3.8, 4) is 0 Å². The zero-order valence-corrected chi connectivity index (χ0v) is 11.9. The number of rotatable bonds is 4. The SMILES string of the molecule is CNC(C)Cc1nc(C(=O)OC)c2cccc(Cl)n12. The Morgan fingerprint density at radius 3 is 2.95 bits per heavy atom. The Labute approximate surface area is 116 Å². The monoisotopic (exact) mass is 281 g/mol. The van der Waals surface area contributed by atoms with Crippen LogP contribution in [0.15, 0.2) is 18.2 Å². The molecule has 0 spiro atoms. The van der Waals surface area contributed by atoms with Gasteiger partial charge in [0.2, 0.25) is 0 Å². The molecule has 1 unspecified atom stereocenters. The van der Waals surface area contributed by atoms with E-state index in [0.29, 0.717) is 22.8 Å². The Kier molecular flexibility index (Phi) is 4.07. The van der Waals surface area contributed by atoms with Gasteiger partial charge in [0.25, 0.3) is 0 Å². The first-order valence-electron chi connectivity index (χ1n) is 6.00. The van der Waals surface area contributed by atoms with Crippen LogP contribution in [-0.4, -0.2) is 35.6 Å². The third kappa shape index (κ3) is 2.57. The second-order valence-electron chi connectivity index (χ2n) is 4.33. The first-order valence-corrected chi connectivity index (χ1v) is 6.37. The maximum atomic E-state index is 11.8. The highest BCUT2D eigenvalue weighted by Crippen LogP contribution is 2.21. The van der Waals surface area contributed by atoms with Crippen LogP contribution in [-0.2, 0) is 11.2 Å². The number of halogens is 1. The number of ether oxygens (including phenoxy) is 1. The quantitative estimate of drug-likeness (QED) is 0.687. The summed E-state index contributed by atoms with van der Waals surface area (Å²) in [6.45, 7) is 2.04. The number of pyridine rings is 1. The van der Waals surface area contributed by atoms with Gasteiger partial charge in [0.15, 0.2) is 5.69 Å². The van der Waals surface area contributed by atoms with Gasteiger partial charge in [-0.15, -0.1) is 0 Å². The largest absolute Gasteiger partial charge is 0.464 e. The predicted octanol–water partition coefficient (Wildman–Crippen LogP) is 1.92. The first-order chi connectivity index (χ1) is 9.08. The summed E-state index contributed by atoms with van der Waals surface area (Å²) in [6, 6.07) is 5.59. The van der Waals surface area contributed by atoms with Crippen LogP contribution in [0.3, 0.4) is 0 Å². The van der Waals surface area contributed by atoms with Crippen molar-refractivity contribution in [2.45, 2.75) is 19.4 Å². The maximum Gasteiger partial charge on any atom is 0.358 e. The van der Waals surface area contributed by atoms with Crippen molar-refractivity contribution in [2.75, 3.05) is 14.2 Å². The standard InChI is InChI=1S/C13H16ClN3O2/c1-8(15-2)7-11-16-12(13(18)19-3)9-5-4-6-10(14)17(9)11/h4-6,8,15H,7H2,1-3H3. The van der Waals surface area contributed by atoms with Gasteiger partial charge in [-0.3, -0.25) is 4.40 Å². The Bertz CT molecular complexity index is 609. The van der Waals surface area contributed by atoms with E-state index in [9.17, 15) is 4.79 Å². The van der Waals surface area contributed by atoms with Gasteiger partial charge in [-0.2, -0.15) is 0 Å². The van der Waals surface area contributed by atoms with Crippen LogP contribution in [0.1, 0.15) is 23.2 Å². The molecule has 0 amide bonds. The molecule has 5 nitrogen and oxygen atoms in total. The highest BCUT2D eigenvalue weighted by Gasteiger charge is 2.20. The number of hydrogen-bond donors (Lipinski definition) is 1. The maximum absolute atomic E-state index is 11.8. The van der Waals surface area contributed by atoms with Crippen LogP contribution in [0.4, 0.5) is 0 Å². The van der Waals surface area contributed by atoms with E-state index in [4.69, 9.17) is 16.3 Å². The molecule has 0 radical (unpaired) electrons. The minimum Gasteiger partial charge on any atom is -0.464 e. The van der Waals surface area contributed by atoms with Gasteiger partial charge in [-0.05, 0) is 26.1 Å². The van der Waals surface area contributed by atoms with Crippen LogP contribution in [0.25, 0.3) is 5.52 Å². The summed E-state index contributed by atoms with van der Waals surface area (Å²) in [6.07, 6.45) is 0.665. The Hall–Kier alpha value is -1.59. The number of aromatic nitrogens is 2. The molecule has 2 aromatic heterocycles. The summed E-state index contributed by atoms with van der Waals surface area (Å²) >= 11 is 6.20. The van der Waals surface area contributed by atoms with Crippen LogP contribution < -0.4 is 5.32 Å². The molecule has 0 saturated carbocycles. The van der Waals surface area contributed by atoms with E-state index in [-0.39, 0.29) is 6.04 Å². The zero-order chi connectivity index (χ0) is 14.0. The highest BCUT2D eigenvalue weighted by atomic mass is 35.5. The molecule has 0 aliphatic heterocycles. The number of carbonyl (C=O) groups is 1. The molecule has 0 saturated heterocycles. The Balaban J connectivity index is 2.60. The lowest BCUT2D eigenvalue weighted by molar-refractivity contribution is 0.0597. The summed E-state index contributed by atoms with van der Waals surface area (Å²) in [4.78, 5) is 16.1. The average Bonchev–Trinajstić information content (AvgIpc) is 2.78. The molecule has 0 fully saturated rings. The number of hydrogen-bond acceptors (Lipinski definition) is 4. The van der Waals surface area contributed by atoms with E-state index < -0.39 is 5.97 Å². The van der Waals surface area contributed by atoms with Crippen molar-refractivity contribution in [1.29, 1.82) is 0 Å². The summed E-state index contributed by atoms with van der Waals surface area (Å²) < 4.78 is 6.53. The van der Waals surface area contributed by atoms with E-state index in [1.165, 1.54) is 7.11 Å². The van der Waals surface area contributed by atoms with Crippen LogP contribution >= 0.6 is 11.6 Å². The molecule has 1 atom stereocenters. The van der Waals surface area contributed by atoms with Gasteiger partial charge in [0.1, 0.15) is 11.0 Å². The molecule has 0 aliphatic rings. The number of carbonyl (C=O) groups excluding carboxylic acids is 1. The molecule has 0 aliphatic carbocycles. The number of imidazole rings is 1. The fourth-order valence-corrected chi connectivity index (χ4v) is 2.19. The number of nitrogens with zero attached hydrogens (tertiary/aromatic N) is 2. The van der Waals surface area contributed by atoms with Gasteiger partial charge in [0.05, 0.1) is 12.6 Å². The Morgan fingerprint density at radius 2 is 2.32 bits per heavy atom. The van der Waals surface area contributed by atoms with Crippen molar-refractivity contribution in [3.63, 3.8) is 0 Å². The molecule has 19 heavy (non-hydrogen) atoms. The van der Waals surface area contributed by atoms with E-state index in [2.05, 4.69) is 10.3 Å². The van der Waals surface area contributed by atoms with Crippen molar-refractivity contribution in [1.82, 2.24) is 14.7 Å². The van der Waals surface area contributed by atoms with Crippen LogP contribution in [0.2, 0.25) is 5.15 Å². The number of esters is 1. The first kappa shape index (κ1) is 13.8. The summed E-state index contributed by atoms with van der Waals surface area (Å²) in [7, 11) is 3.22. The van der Waals surface area contributed by atoms with Gasteiger partial charge < -0.3 is 10.1 Å². The fourth-order valence-electron chi connectivity index (χ4n) is 1.93. The van der Waals surface area contributed by atoms with E-state index >= 15 is 0 Å². The van der Waals surface area contributed by atoms with E-state index in [1.807, 2.05) is 14.0 Å². The number of likely N-dealkylation sites (N-methyl/N-ethyl adjacent to an activating group) is 1. The Morgan fingerprint density at radius 1 is 1.58 bits per heavy atom. The molecule has 0 aromatic carbocycles. The number of nitrogens with one attached hydrogen (secondary N) is 1. The van der Waals surface area contributed by atoms with Gasteiger partial charge >= 0.3 is 5.97 Å². The molecular formula is C13H16ClN3O2. The van der Waals surface area contributed by atoms with Gasteiger partial charge in [-0.1, -0.05) is 17.7 Å². The van der Waals surface area contributed by atoms with E-state index in [1.54, 1.807) is 22.6 Å². The minimum atomic E-state index is -0.455. The van der Waals surface area contributed by atoms with Gasteiger partial charge in [0, 0.05) is 12.5 Å². The summed E-state index contributed by atoms with van der Waals surface area (Å²) in [5, 5.41) is 3.66. The molecule has 102 valence electrons. The third-order valence-electron chi connectivity index (χ3n) is 3.04. The lowest BCUT2D eigenvalue weighted by atomic mass is 10.2. The molecular weight excluding hydrogens is 266 g/mol. The fraction of sp³-hybridized carbons (Fsp3) is 0.385. The second kappa shape index (κ2) is 5.59. The summed E-state index contributed by atoms with van der Waals surface area (Å²) in [5.74, 6) is 0.283. The number of methoxy groups -OCH3 is 1. The van der Waals surface area contributed by atoms with Crippen molar-refractivity contribution in [3.05, 3.63) is 34.9 Å². The van der Waals surface area contributed by atoms with E-state index in [0.717, 1.165) is 5.82 Å². The van der Waals surface area contributed by atoms with Crippen molar-refractivity contribution < 1.29 is 9.53 Å². The lowest BCUT2D eigenvalue weighted by Gasteiger charge is -2.09. The molecule has 1 N–H and O–H groups in total. The molecule has 2 heterocycles. The molecule has 6 heteroatoms. The second-order valence-corrected chi connectivity index (χ2v) is 4.72. The topological polar surface area (TPSA) is 55.6 Å². The smallest absolute Gasteiger partial charge is 0.358 e. The third-order valence-corrected chi connectivity index (χ3v) is 3.34. The van der Waals surface area contributed by atoms with Crippen molar-refractivity contribution in [2.24, 2.45) is 0 Å². The van der Waals surface area contributed by atoms with Crippen LogP contribution in [0, 0.1) is 0 Å². The average molecular weight is 282 g/mol. The predicted molar refractivity (Wildman–Crippen MR) is 73.8 cm³/mol. The van der Waals surface area contributed by atoms with Gasteiger partial charge in [-0.25, -0.2) is 9.78 Å². The normalized spacial score (nSPS) is 12.6. The molecule has 2 aromatic rings. The summed E-state index contributed by atoms with van der Waals surface area (Å²) in [5.41, 5.74) is 0.959. The van der Waals surface area contributed by atoms with Crippen LogP contribution in [0.5, 0.6) is 0 Å². The minimum absolute atomic E-state index is 0.229.